The van der Waals surface area contributed by atoms with Crippen molar-refractivity contribution in [2.24, 2.45) is 5.41 Å². The smallest absolute Gasteiger partial charge is 0.0369 e. The van der Waals surface area contributed by atoms with Gasteiger partial charge in [-0.2, -0.15) is 0 Å². The number of allylic oxidation sites excluding steroid dienone is 4. The molecule has 0 spiro atoms. The second-order valence-electron chi connectivity index (χ2n) is 8.39. The zero-order valence-corrected chi connectivity index (χ0v) is 15.9. The van der Waals surface area contributed by atoms with Gasteiger partial charge in [-0.3, -0.25) is 0 Å². The van der Waals surface area contributed by atoms with Crippen molar-refractivity contribution in [3.63, 3.8) is 0 Å². The van der Waals surface area contributed by atoms with Gasteiger partial charge in [-0.1, -0.05) is 49.4 Å². The van der Waals surface area contributed by atoms with Crippen molar-refractivity contribution in [3.8, 4) is 0 Å². The van der Waals surface area contributed by atoms with E-state index in [0.717, 1.165) is 13.1 Å². The molecular weight excluding hydrogens is 302 g/mol. The van der Waals surface area contributed by atoms with Crippen LogP contribution in [0.2, 0.25) is 0 Å². The maximum atomic E-state index is 4.44. The van der Waals surface area contributed by atoms with E-state index < -0.39 is 0 Å². The summed E-state index contributed by atoms with van der Waals surface area (Å²) in [5, 5.41) is 0. The number of hydrogen-bond donors (Lipinski definition) is 0. The Bertz CT molecular complexity index is 826. The zero-order valence-electron chi connectivity index (χ0n) is 15.9. The summed E-state index contributed by atoms with van der Waals surface area (Å²) in [6.07, 6.45) is 9.64. The zero-order chi connectivity index (χ0) is 17.8. The molecular formula is C24H29N. The Morgan fingerprint density at radius 3 is 2.36 bits per heavy atom. The molecule has 1 heterocycles. The van der Waals surface area contributed by atoms with Gasteiger partial charge in [0.15, 0.2) is 0 Å². The van der Waals surface area contributed by atoms with Gasteiger partial charge in [0.2, 0.25) is 0 Å². The molecule has 0 amide bonds. The van der Waals surface area contributed by atoms with Crippen molar-refractivity contribution in [2.75, 3.05) is 13.1 Å². The molecule has 1 nitrogen and oxygen atoms in total. The summed E-state index contributed by atoms with van der Waals surface area (Å²) < 4.78 is 0. The predicted molar refractivity (Wildman–Crippen MR) is 108 cm³/mol. The molecule has 1 aliphatic heterocycles. The third-order valence-corrected chi connectivity index (χ3v) is 6.64. The van der Waals surface area contributed by atoms with E-state index in [1.165, 1.54) is 64.8 Å². The van der Waals surface area contributed by atoms with Gasteiger partial charge >= 0.3 is 0 Å². The van der Waals surface area contributed by atoms with Crippen LogP contribution in [0.3, 0.4) is 0 Å². The molecule has 0 atom stereocenters. The Balaban J connectivity index is 1.47. The number of benzene rings is 1. The number of rotatable bonds is 3. The Kier molecular flexibility index (Phi) is 3.79. The Morgan fingerprint density at radius 2 is 1.72 bits per heavy atom. The lowest BCUT2D eigenvalue weighted by Crippen LogP contribution is -2.38. The Morgan fingerprint density at radius 1 is 1.04 bits per heavy atom. The lowest BCUT2D eigenvalue weighted by atomic mass is 9.71. The number of likely N-dealkylation sites (tertiary alicyclic amines) is 1. The summed E-state index contributed by atoms with van der Waals surface area (Å²) >= 11 is 0. The first-order valence-electron chi connectivity index (χ1n) is 9.54. The number of fused-ring (bicyclic) bond motifs is 1. The minimum absolute atomic E-state index is 0.361. The van der Waals surface area contributed by atoms with Gasteiger partial charge in [0.25, 0.3) is 0 Å². The summed E-state index contributed by atoms with van der Waals surface area (Å²) in [5.41, 5.74) is 11.2. The van der Waals surface area contributed by atoms with Crippen LogP contribution in [0, 0.1) is 12.3 Å². The molecule has 1 aromatic rings. The van der Waals surface area contributed by atoms with E-state index in [2.05, 4.69) is 63.1 Å². The molecule has 1 aromatic carbocycles. The van der Waals surface area contributed by atoms with Crippen molar-refractivity contribution >= 4 is 11.3 Å². The lowest BCUT2D eigenvalue weighted by molar-refractivity contribution is 0.192. The van der Waals surface area contributed by atoms with Crippen LogP contribution in [-0.4, -0.2) is 18.0 Å². The van der Waals surface area contributed by atoms with Gasteiger partial charge in [0.05, 0.1) is 0 Å². The van der Waals surface area contributed by atoms with Crippen LogP contribution in [0.5, 0.6) is 0 Å². The summed E-state index contributed by atoms with van der Waals surface area (Å²) in [7, 11) is 0. The summed E-state index contributed by atoms with van der Waals surface area (Å²) in [6, 6.07) is 4.56. The van der Waals surface area contributed by atoms with Crippen LogP contribution in [0.15, 0.2) is 48.6 Å². The molecule has 130 valence electrons. The molecule has 0 aromatic heterocycles. The molecule has 0 radical (unpaired) electrons. The highest BCUT2D eigenvalue weighted by Crippen LogP contribution is 2.46. The number of aryl methyl sites for hydroxylation is 1. The average molecular weight is 332 g/mol. The number of nitrogens with zero attached hydrogens (tertiary/aromatic N) is 1. The minimum Gasteiger partial charge on any atom is -0.371 e. The normalized spacial score (nSPS) is 21.4. The molecule has 1 fully saturated rings. The van der Waals surface area contributed by atoms with E-state index in [9.17, 15) is 0 Å². The summed E-state index contributed by atoms with van der Waals surface area (Å²) in [6.45, 7) is 17.7. The molecule has 1 heteroatoms. The molecule has 1 saturated heterocycles. The third kappa shape index (κ3) is 2.80. The van der Waals surface area contributed by atoms with Gasteiger partial charge in [-0.05, 0) is 73.3 Å². The minimum atomic E-state index is 0.361. The van der Waals surface area contributed by atoms with Crippen LogP contribution >= 0.6 is 0 Å². The number of piperidine rings is 1. The van der Waals surface area contributed by atoms with Crippen molar-refractivity contribution in [1.29, 1.82) is 0 Å². The van der Waals surface area contributed by atoms with E-state index >= 15 is 0 Å². The van der Waals surface area contributed by atoms with Crippen LogP contribution in [-0.2, 0) is 0 Å². The highest BCUT2D eigenvalue weighted by molar-refractivity contribution is 6.00. The maximum absolute atomic E-state index is 4.44. The quantitative estimate of drug-likeness (QED) is 0.656. The molecule has 3 aliphatic rings. The molecule has 0 N–H and O–H groups in total. The van der Waals surface area contributed by atoms with Gasteiger partial charge in [0.1, 0.15) is 0 Å². The van der Waals surface area contributed by atoms with Gasteiger partial charge in [0, 0.05) is 24.4 Å². The molecule has 0 saturated carbocycles. The van der Waals surface area contributed by atoms with E-state index in [0.29, 0.717) is 5.41 Å². The van der Waals surface area contributed by atoms with Gasteiger partial charge in [-0.15, -0.1) is 0 Å². The van der Waals surface area contributed by atoms with Crippen LogP contribution < -0.4 is 0 Å². The standard InChI is InChI=1S/C24H29N/c1-16-6-8-20(9-7-16)24(5)10-12-25(13-11-24)19(4)21-15-23-18(3)22(23)14-17(21)2/h6,8,14-15H,3-4,7,9-13H2,1-2,5H3. The highest BCUT2D eigenvalue weighted by atomic mass is 15.1. The predicted octanol–water partition coefficient (Wildman–Crippen LogP) is 6.11. The van der Waals surface area contributed by atoms with E-state index in [4.69, 9.17) is 0 Å². The summed E-state index contributed by atoms with van der Waals surface area (Å²) in [4.78, 5) is 2.49. The first-order chi connectivity index (χ1) is 11.9. The van der Waals surface area contributed by atoms with Gasteiger partial charge in [-0.25, -0.2) is 0 Å². The van der Waals surface area contributed by atoms with Crippen LogP contribution in [0.25, 0.3) is 11.3 Å². The number of hydrogen-bond acceptors (Lipinski definition) is 1. The molecule has 4 rings (SSSR count). The SMILES string of the molecule is C=C1c2cc(C)c(C(=C)N3CCC(C)(C4=CC=C(C)CC4)CC3)cc21. The van der Waals surface area contributed by atoms with Crippen molar-refractivity contribution < 1.29 is 0 Å². The van der Waals surface area contributed by atoms with Gasteiger partial charge < -0.3 is 4.90 Å². The van der Waals surface area contributed by atoms with E-state index in [1.807, 2.05) is 0 Å². The lowest BCUT2D eigenvalue weighted by Gasteiger charge is -2.43. The Labute approximate surface area is 152 Å². The molecule has 2 aliphatic carbocycles. The topological polar surface area (TPSA) is 3.24 Å². The molecule has 0 bridgehead atoms. The van der Waals surface area contributed by atoms with Crippen molar-refractivity contribution in [3.05, 3.63) is 70.8 Å². The van der Waals surface area contributed by atoms with Crippen LogP contribution in [0.4, 0.5) is 0 Å². The second kappa shape index (κ2) is 5.76. The van der Waals surface area contributed by atoms with E-state index in [1.54, 1.807) is 5.57 Å². The first kappa shape index (κ1) is 16.4. The van der Waals surface area contributed by atoms with Crippen molar-refractivity contribution in [2.45, 2.75) is 46.5 Å². The fraction of sp³-hybridized carbons (Fsp3) is 0.417. The maximum Gasteiger partial charge on any atom is 0.0369 e. The summed E-state index contributed by atoms with van der Waals surface area (Å²) in [5.74, 6) is 0. The Hall–Kier alpha value is -2.02. The molecule has 25 heavy (non-hydrogen) atoms. The fourth-order valence-corrected chi connectivity index (χ4v) is 4.46. The monoisotopic (exact) mass is 331 g/mol. The highest BCUT2D eigenvalue weighted by Gasteiger charge is 2.34. The van der Waals surface area contributed by atoms with E-state index in [-0.39, 0.29) is 0 Å². The largest absolute Gasteiger partial charge is 0.371 e. The molecule has 0 unspecified atom stereocenters. The third-order valence-electron chi connectivity index (χ3n) is 6.64. The second-order valence-corrected chi connectivity index (χ2v) is 8.39. The van der Waals surface area contributed by atoms with Crippen LogP contribution in [0.1, 0.15) is 61.8 Å². The first-order valence-corrected chi connectivity index (χ1v) is 9.54. The average Bonchev–Trinajstić information content (AvgIpc) is 3.23. The fourth-order valence-electron chi connectivity index (χ4n) is 4.46. The van der Waals surface area contributed by atoms with Crippen molar-refractivity contribution in [1.82, 2.24) is 4.90 Å².